The maximum absolute atomic E-state index is 9.34. The second-order valence-electron chi connectivity index (χ2n) is 6.20. The molecule has 0 bridgehead atoms. The first kappa shape index (κ1) is 16.7. The van der Waals surface area contributed by atoms with Crippen LogP contribution in [0.2, 0.25) is 0 Å². The van der Waals surface area contributed by atoms with Crippen LogP contribution < -0.4 is 0 Å². The fraction of sp³-hybridized carbons (Fsp3) is 0.647. The highest BCUT2D eigenvalue weighted by atomic mass is 32.1. The highest BCUT2D eigenvalue weighted by molar-refractivity contribution is 7.10. The topological polar surface area (TPSA) is 26.7 Å². The highest BCUT2D eigenvalue weighted by Crippen LogP contribution is 2.21. The predicted octanol–water partition coefficient (Wildman–Crippen LogP) is 2.89. The molecule has 1 atom stereocenters. The Kier molecular flexibility index (Phi) is 6.42. The molecule has 0 radical (unpaired) electrons. The van der Waals surface area contributed by atoms with Crippen molar-refractivity contribution in [2.24, 2.45) is 0 Å². The number of aliphatic hydroxyl groups excluding tert-OH is 1. The molecule has 1 N–H and O–H groups in total. The molecule has 0 aliphatic carbocycles. The first-order chi connectivity index (χ1) is 10.1. The summed E-state index contributed by atoms with van der Waals surface area (Å²) >= 11 is 1.86. The maximum atomic E-state index is 9.34. The number of aliphatic hydroxyl groups is 1. The summed E-state index contributed by atoms with van der Waals surface area (Å²) in [4.78, 5) is 6.54. The lowest BCUT2D eigenvalue weighted by Crippen LogP contribution is -2.53. The molecule has 4 heteroatoms. The summed E-state index contributed by atoms with van der Waals surface area (Å²) in [5, 5.41) is 11.5. The van der Waals surface area contributed by atoms with Gasteiger partial charge < -0.3 is 5.11 Å². The fourth-order valence-electron chi connectivity index (χ4n) is 2.83. The SMILES string of the molecule is CC(C)=CCN1CCN(Cc2sccc2C)CC1CCO. The molecule has 1 fully saturated rings. The molecule has 1 aliphatic heterocycles. The van der Waals surface area contributed by atoms with Gasteiger partial charge in [0.25, 0.3) is 0 Å². The number of allylic oxidation sites excluding steroid dienone is 1. The van der Waals surface area contributed by atoms with Crippen molar-refractivity contribution in [1.29, 1.82) is 0 Å². The molecule has 0 saturated carbocycles. The van der Waals surface area contributed by atoms with Crippen molar-refractivity contribution in [2.45, 2.75) is 39.8 Å². The second kappa shape index (κ2) is 8.08. The Balaban J connectivity index is 1.94. The summed E-state index contributed by atoms with van der Waals surface area (Å²) in [5.74, 6) is 0. The number of nitrogens with zero attached hydrogens (tertiary/aromatic N) is 2. The van der Waals surface area contributed by atoms with Crippen molar-refractivity contribution in [1.82, 2.24) is 9.80 Å². The number of hydrogen-bond donors (Lipinski definition) is 1. The lowest BCUT2D eigenvalue weighted by atomic mass is 10.1. The third-order valence-corrected chi connectivity index (χ3v) is 5.23. The summed E-state index contributed by atoms with van der Waals surface area (Å²) < 4.78 is 0. The van der Waals surface area contributed by atoms with E-state index in [0.717, 1.165) is 39.1 Å². The van der Waals surface area contributed by atoms with Gasteiger partial charge in [0.05, 0.1) is 0 Å². The molecule has 0 amide bonds. The maximum Gasteiger partial charge on any atom is 0.0446 e. The Morgan fingerprint density at radius 2 is 2.24 bits per heavy atom. The zero-order valence-corrected chi connectivity index (χ0v) is 14.3. The van der Waals surface area contributed by atoms with Crippen molar-refractivity contribution >= 4 is 11.3 Å². The van der Waals surface area contributed by atoms with E-state index in [-0.39, 0.29) is 6.61 Å². The van der Waals surface area contributed by atoms with E-state index in [1.54, 1.807) is 0 Å². The van der Waals surface area contributed by atoms with Crippen LogP contribution in [0.3, 0.4) is 0 Å². The van der Waals surface area contributed by atoms with Gasteiger partial charge in [0.2, 0.25) is 0 Å². The average Bonchev–Trinajstić information content (AvgIpc) is 2.84. The Morgan fingerprint density at radius 3 is 2.86 bits per heavy atom. The van der Waals surface area contributed by atoms with Gasteiger partial charge in [-0.15, -0.1) is 11.3 Å². The van der Waals surface area contributed by atoms with Gasteiger partial charge in [0, 0.05) is 50.2 Å². The lowest BCUT2D eigenvalue weighted by Gasteiger charge is -2.41. The summed E-state index contributed by atoms with van der Waals surface area (Å²) in [5.41, 5.74) is 2.78. The Morgan fingerprint density at radius 1 is 1.43 bits per heavy atom. The second-order valence-corrected chi connectivity index (χ2v) is 7.21. The Labute approximate surface area is 132 Å². The minimum Gasteiger partial charge on any atom is -0.396 e. The molecule has 118 valence electrons. The lowest BCUT2D eigenvalue weighted by molar-refractivity contribution is 0.0641. The van der Waals surface area contributed by atoms with E-state index < -0.39 is 0 Å². The van der Waals surface area contributed by atoms with Crippen LogP contribution in [0, 0.1) is 6.92 Å². The molecule has 2 heterocycles. The standard InChI is InChI=1S/C17H28N2OS/c1-14(2)4-7-19-9-8-18(12-16(19)5-10-20)13-17-15(3)6-11-21-17/h4,6,11,16,20H,5,7-10,12-13H2,1-3H3. The molecule has 0 aromatic carbocycles. The van der Waals surface area contributed by atoms with Crippen molar-refractivity contribution < 1.29 is 5.11 Å². The molecule has 0 spiro atoms. The van der Waals surface area contributed by atoms with E-state index >= 15 is 0 Å². The van der Waals surface area contributed by atoms with Crippen LogP contribution >= 0.6 is 11.3 Å². The van der Waals surface area contributed by atoms with Crippen LogP contribution in [0.1, 0.15) is 30.7 Å². The summed E-state index contributed by atoms with van der Waals surface area (Å²) in [7, 11) is 0. The third kappa shape index (κ3) is 4.92. The first-order valence-corrected chi connectivity index (χ1v) is 8.71. The Bertz CT molecular complexity index is 465. The van der Waals surface area contributed by atoms with Crippen molar-refractivity contribution in [3.8, 4) is 0 Å². The number of rotatable bonds is 6. The average molecular weight is 308 g/mol. The number of piperazine rings is 1. The van der Waals surface area contributed by atoms with Crippen molar-refractivity contribution in [2.75, 3.05) is 32.8 Å². The van der Waals surface area contributed by atoms with Crippen LogP contribution in [-0.4, -0.2) is 53.7 Å². The van der Waals surface area contributed by atoms with Crippen LogP contribution in [-0.2, 0) is 6.54 Å². The molecule has 2 rings (SSSR count). The zero-order chi connectivity index (χ0) is 15.2. The van der Waals surface area contributed by atoms with Crippen LogP contribution in [0.4, 0.5) is 0 Å². The van der Waals surface area contributed by atoms with E-state index in [9.17, 15) is 5.11 Å². The smallest absolute Gasteiger partial charge is 0.0446 e. The fourth-order valence-corrected chi connectivity index (χ4v) is 3.78. The molecule has 1 aliphatic rings. The molecule has 3 nitrogen and oxygen atoms in total. The normalized spacial score (nSPS) is 20.7. The molecule has 1 unspecified atom stereocenters. The summed E-state index contributed by atoms with van der Waals surface area (Å²) in [6.45, 7) is 12.1. The van der Waals surface area contributed by atoms with Crippen molar-refractivity contribution in [3.63, 3.8) is 0 Å². The van der Waals surface area contributed by atoms with Gasteiger partial charge in [-0.3, -0.25) is 9.80 Å². The third-order valence-electron chi connectivity index (χ3n) is 4.22. The molecule has 1 aromatic heterocycles. The molecule has 1 saturated heterocycles. The molecule has 1 aromatic rings. The quantitative estimate of drug-likeness (QED) is 0.819. The summed E-state index contributed by atoms with van der Waals surface area (Å²) in [6, 6.07) is 2.68. The van der Waals surface area contributed by atoms with E-state index in [4.69, 9.17) is 0 Å². The molecular weight excluding hydrogens is 280 g/mol. The largest absolute Gasteiger partial charge is 0.396 e. The van der Waals surface area contributed by atoms with Gasteiger partial charge in [-0.1, -0.05) is 11.6 Å². The highest BCUT2D eigenvalue weighted by Gasteiger charge is 2.26. The van der Waals surface area contributed by atoms with Gasteiger partial charge in [0.1, 0.15) is 0 Å². The van der Waals surface area contributed by atoms with E-state index in [0.29, 0.717) is 6.04 Å². The zero-order valence-electron chi connectivity index (χ0n) is 13.5. The molecular formula is C17H28N2OS. The van der Waals surface area contributed by atoms with Crippen LogP contribution in [0.25, 0.3) is 0 Å². The van der Waals surface area contributed by atoms with Crippen LogP contribution in [0.15, 0.2) is 23.1 Å². The van der Waals surface area contributed by atoms with Gasteiger partial charge in [0.15, 0.2) is 0 Å². The molecule has 21 heavy (non-hydrogen) atoms. The van der Waals surface area contributed by atoms with E-state index in [2.05, 4.69) is 48.1 Å². The van der Waals surface area contributed by atoms with E-state index in [1.165, 1.54) is 16.0 Å². The summed E-state index contributed by atoms with van der Waals surface area (Å²) in [6.07, 6.45) is 3.17. The number of thiophene rings is 1. The minimum absolute atomic E-state index is 0.280. The van der Waals surface area contributed by atoms with E-state index in [1.807, 2.05) is 11.3 Å². The Hall–Kier alpha value is -0.680. The minimum atomic E-state index is 0.280. The monoisotopic (exact) mass is 308 g/mol. The van der Waals surface area contributed by atoms with Gasteiger partial charge in [-0.05, 0) is 44.2 Å². The first-order valence-electron chi connectivity index (χ1n) is 7.83. The number of aryl methyl sites for hydroxylation is 1. The van der Waals surface area contributed by atoms with Crippen molar-refractivity contribution in [3.05, 3.63) is 33.5 Å². The van der Waals surface area contributed by atoms with Crippen LogP contribution in [0.5, 0.6) is 0 Å². The van der Waals surface area contributed by atoms with Gasteiger partial charge in [-0.25, -0.2) is 0 Å². The number of hydrogen-bond acceptors (Lipinski definition) is 4. The van der Waals surface area contributed by atoms with Gasteiger partial charge in [-0.2, -0.15) is 0 Å². The van der Waals surface area contributed by atoms with Gasteiger partial charge >= 0.3 is 0 Å². The predicted molar refractivity (Wildman–Crippen MR) is 90.8 cm³/mol.